The highest BCUT2D eigenvalue weighted by Crippen LogP contribution is 2.15. The lowest BCUT2D eigenvalue weighted by Gasteiger charge is -2.16. The third-order valence-corrected chi connectivity index (χ3v) is 9.42. The summed E-state index contributed by atoms with van der Waals surface area (Å²) in [6.07, 6.45) is 56.0. The van der Waals surface area contributed by atoms with Crippen molar-refractivity contribution in [2.75, 3.05) is 19.8 Å². The van der Waals surface area contributed by atoms with Gasteiger partial charge in [0.1, 0.15) is 6.10 Å². The molecule has 0 amide bonds. The molecule has 0 bridgehead atoms. The molecule has 0 radical (unpaired) electrons. The highest BCUT2D eigenvalue weighted by molar-refractivity contribution is 5.69. The third-order valence-electron chi connectivity index (χ3n) is 9.42. The van der Waals surface area contributed by atoms with Gasteiger partial charge in [0.15, 0.2) is 0 Å². The summed E-state index contributed by atoms with van der Waals surface area (Å²) in [7, 11) is 0. The Kier molecular flexibility index (Phi) is 42.1. The molecule has 0 aliphatic heterocycles. The Balaban J connectivity index is 3.44. The average Bonchev–Trinajstić information content (AvgIpc) is 3.12. The van der Waals surface area contributed by atoms with Crippen LogP contribution in [0.2, 0.25) is 0 Å². The summed E-state index contributed by atoms with van der Waals surface area (Å²) in [5.74, 6) is -0.213. The molecular weight excluding hydrogens is 617 g/mol. The van der Waals surface area contributed by atoms with Crippen molar-refractivity contribution in [3.05, 3.63) is 48.6 Å². The van der Waals surface area contributed by atoms with Crippen LogP contribution in [0.3, 0.4) is 0 Å². The molecule has 0 rings (SSSR count). The van der Waals surface area contributed by atoms with E-state index in [1.54, 1.807) is 0 Å². The van der Waals surface area contributed by atoms with Crippen LogP contribution in [0.5, 0.6) is 0 Å². The van der Waals surface area contributed by atoms with Crippen LogP contribution >= 0.6 is 0 Å². The van der Waals surface area contributed by atoms with Crippen molar-refractivity contribution in [3.8, 4) is 0 Å². The number of allylic oxidation sites excluding steroid dienone is 8. The van der Waals surface area contributed by atoms with Gasteiger partial charge in [-0.3, -0.25) is 4.79 Å². The highest BCUT2D eigenvalue weighted by Gasteiger charge is 2.13. The monoisotopic (exact) mass is 701 g/mol. The van der Waals surface area contributed by atoms with Crippen molar-refractivity contribution in [1.82, 2.24) is 0 Å². The molecule has 0 spiro atoms. The largest absolute Gasteiger partial charge is 0.457 e. The lowest BCUT2D eigenvalue weighted by Crippen LogP contribution is -2.27. The number of aliphatic hydroxyl groups excluding tert-OH is 1. The number of carbonyl (C=O) groups is 1. The van der Waals surface area contributed by atoms with E-state index < -0.39 is 6.10 Å². The van der Waals surface area contributed by atoms with E-state index in [9.17, 15) is 9.90 Å². The molecule has 1 N–H and O–H groups in total. The van der Waals surface area contributed by atoms with E-state index >= 15 is 0 Å². The summed E-state index contributed by atoms with van der Waals surface area (Å²) in [5.41, 5.74) is 0. The van der Waals surface area contributed by atoms with Crippen LogP contribution in [0.25, 0.3) is 0 Å². The Morgan fingerprint density at radius 1 is 0.500 bits per heavy atom. The summed E-state index contributed by atoms with van der Waals surface area (Å²) in [5, 5.41) is 9.61. The van der Waals surface area contributed by atoms with Crippen molar-refractivity contribution in [3.63, 3.8) is 0 Å². The molecular formula is C46H84O4. The fourth-order valence-corrected chi connectivity index (χ4v) is 6.20. The first-order chi connectivity index (χ1) is 24.7. The second-order valence-electron chi connectivity index (χ2n) is 14.4. The molecule has 0 fully saturated rings. The molecule has 0 heterocycles. The summed E-state index contributed by atoms with van der Waals surface area (Å²) in [6.45, 7) is 5.24. The highest BCUT2D eigenvalue weighted by atomic mass is 16.6. The number of carbonyl (C=O) groups excluding carboxylic acids is 1. The minimum Gasteiger partial charge on any atom is -0.457 e. The Bertz CT molecular complexity index is 783. The third kappa shape index (κ3) is 40.8. The molecule has 0 aromatic heterocycles. The second-order valence-corrected chi connectivity index (χ2v) is 14.4. The van der Waals surface area contributed by atoms with E-state index in [0.717, 1.165) is 57.8 Å². The maximum absolute atomic E-state index is 12.2. The van der Waals surface area contributed by atoms with Crippen LogP contribution in [-0.2, 0) is 14.3 Å². The number of hydrogen-bond acceptors (Lipinski definition) is 4. The van der Waals surface area contributed by atoms with Crippen LogP contribution in [0, 0.1) is 0 Å². The zero-order valence-electron chi connectivity index (χ0n) is 33.4. The van der Waals surface area contributed by atoms with Crippen LogP contribution < -0.4 is 0 Å². The van der Waals surface area contributed by atoms with E-state index in [1.807, 2.05) is 0 Å². The van der Waals surface area contributed by atoms with E-state index in [2.05, 4.69) is 62.5 Å². The lowest BCUT2D eigenvalue weighted by molar-refractivity contribution is -0.154. The SMILES string of the molecule is CC/C=C\C/C=C\C/C=C\C/C=C\CCCCCCCCC(=O)OC(CO)COCCCCCCCCCCCCCCCCCCCCC. The summed E-state index contributed by atoms with van der Waals surface area (Å²) < 4.78 is 11.2. The molecule has 0 saturated heterocycles. The number of unbranched alkanes of at least 4 members (excludes halogenated alkanes) is 24. The minimum absolute atomic E-state index is 0.176. The van der Waals surface area contributed by atoms with Gasteiger partial charge in [0.2, 0.25) is 0 Å². The summed E-state index contributed by atoms with van der Waals surface area (Å²) >= 11 is 0. The quantitative estimate of drug-likeness (QED) is 0.0393. The predicted molar refractivity (Wildman–Crippen MR) is 219 cm³/mol. The molecule has 1 atom stereocenters. The first-order valence-corrected chi connectivity index (χ1v) is 21.7. The van der Waals surface area contributed by atoms with Crippen molar-refractivity contribution in [2.45, 2.75) is 219 Å². The van der Waals surface area contributed by atoms with E-state index in [4.69, 9.17) is 9.47 Å². The van der Waals surface area contributed by atoms with Gasteiger partial charge in [-0.1, -0.05) is 204 Å². The van der Waals surface area contributed by atoms with Gasteiger partial charge in [0.05, 0.1) is 13.2 Å². The molecule has 1 unspecified atom stereocenters. The van der Waals surface area contributed by atoms with Crippen molar-refractivity contribution >= 4 is 5.97 Å². The van der Waals surface area contributed by atoms with Gasteiger partial charge in [-0.15, -0.1) is 0 Å². The van der Waals surface area contributed by atoms with Gasteiger partial charge in [0, 0.05) is 13.0 Å². The molecule has 0 saturated carbocycles. The Hall–Kier alpha value is -1.65. The van der Waals surface area contributed by atoms with Crippen molar-refractivity contribution in [1.29, 1.82) is 0 Å². The van der Waals surface area contributed by atoms with Crippen LogP contribution in [0.15, 0.2) is 48.6 Å². The van der Waals surface area contributed by atoms with E-state index in [0.29, 0.717) is 19.6 Å². The number of esters is 1. The van der Waals surface area contributed by atoms with Gasteiger partial charge < -0.3 is 14.6 Å². The topological polar surface area (TPSA) is 55.8 Å². The second kappa shape index (κ2) is 43.5. The van der Waals surface area contributed by atoms with Gasteiger partial charge in [-0.05, 0) is 51.4 Å². The van der Waals surface area contributed by atoms with E-state index in [-0.39, 0.29) is 12.6 Å². The zero-order chi connectivity index (χ0) is 36.3. The molecule has 0 aromatic carbocycles. The van der Waals surface area contributed by atoms with E-state index in [1.165, 1.54) is 135 Å². The fourth-order valence-electron chi connectivity index (χ4n) is 6.20. The smallest absolute Gasteiger partial charge is 0.306 e. The Labute approximate surface area is 312 Å². The molecule has 292 valence electrons. The fraction of sp³-hybridized carbons (Fsp3) is 0.804. The summed E-state index contributed by atoms with van der Waals surface area (Å²) in [4.78, 5) is 12.2. The van der Waals surface area contributed by atoms with Gasteiger partial charge in [-0.2, -0.15) is 0 Å². The Morgan fingerprint density at radius 2 is 0.900 bits per heavy atom. The standard InChI is InChI=1S/C46H84O4/c1-3-5-7-9-11-13-15-17-19-21-23-25-27-29-31-33-35-37-39-41-46(48)50-45(43-47)44-49-42-40-38-36-34-32-30-28-26-24-22-20-18-16-14-12-10-8-6-4-2/h5,7,11,13,17,19,23,25,45,47H,3-4,6,8-10,12,14-16,18,20-22,24,26-44H2,1-2H3/b7-5-,13-11-,19-17-,25-23-. The normalized spacial score (nSPS) is 12.8. The first kappa shape index (κ1) is 48.3. The van der Waals surface area contributed by atoms with Gasteiger partial charge >= 0.3 is 5.97 Å². The molecule has 50 heavy (non-hydrogen) atoms. The Morgan fingerprint density at radius 3 is 1.36 bits per heavy atom. The lowest BCUT2D eigenvalue weighted by atomic mass is 10.0. The van der Waals surface area contributed by atoms with Crippen LogP contribution in [0.1, 0.15) is 213 Å². The number of rotatable bonds is 40. The maximum Gasteiger partial charge on any atom is 0.306 e. The number of ether oxygens (including phenoxy) is 2. The van der Waals surface area contributed by atoms with Crippen molar-refractivity contribution < 1.29 is 19.4 Å². The van der Waals surface area contributed by atoms with Crippen LogP contribution in [0.4, 0.5) is 0 Å². The van der Waals surface area contributed by atoms with Crippen molar-refractivity contribution in [2.24, 2.45) is 0 Å². The number of hydrogen-bond donors (Lipinski definition) is 1. The zero-order valence-corrected chi connectivity index (χ0v) is 33.4. The maximum atomic E-state index is 12.2. The molecule has 0 aliphatic rings. The molecule has 0 aromatic rings. The first-order valence-electron chi connectivity index (χ1n) is 21.7. The summed E-state index contributed by atoms with van der Waals surface area (Å²) in [6, 6.07) is 0. The van der Waals surface area contributed by atoms with Gasteiger partial charge in [-0.25, -0.2) is 0 Å². The minimum atomic E-state index is -0.541. The predicted octanol–water partition coefficient (Wildman–Crippen LogP) is 14.3. The molecule has 4 nitrogen and oxygen atoms in total. The molecule has 4 heteroatoms. The number of aliphatic hydroxyl groups is 1. The van der Waals surface area contributed by atoms with Crippen LogP contribution in [-0.4, -0.2) is 37.0 Å². The average molecular weight is 701 g/mol. The van der Waals surface area contributed by atoms with Gasteiger partial charge in [0.25, 0.3) is 0 Å². The molecule has 0 aliphatic carbocycles.